The van der Waals surface area contributed by atoms with Gasteiger partial charge in [-0.2, -0.15) is 0 Å². The number of rotatable bonds is 31. The zero-order valence-electron chi connectivity index (χ0n) is 50.1. The van der Waals surface area contributed by atoms with Gasteiger partial charge in [0, 0.05) is 25.0 Å². The van der Waals surface area contributed by atoms with Crippen molar-refractivity contribution < 1.29 is 100 Å². The van der Waals surface area contributed by atoms with Crippen LogP contribution in [0.1, 0.15) is 109 Å². The van der Waals surface area contributed by atoms with Crippen molar-refractivity contribution in [1.29, 1.82) is 5.26 Å². The zero-order valence-corrected chi connectivity index (χ0v) is 51.7. The van der Waals surface area contributed by atoms with Gasteiger partial charge in [-0.15, -0.1) is 0 Å². The van der Waals surface area contributed by atoms with Crippen LogP contribution in [-0.2, 0) is 93.9 Å². The van der Waals surface area contributed by atoms with Crippen LogP contribution in [0.4, 0.5) is 0 Å². The molecular formula is C65H70N2O21S2. The van der Waals surface area contributed by atoms with Crippen LogP contribution < -0.4 is 18.9 Å². The summed E-state index contributed by atoms with van der Waals surface area (Å²) in [5, 5.41) is 9.72. The second-order valence-corrected chi connectivity index (χ2v) is 23.5. The summed E-state index contributed by atoms with van der Waals surface area (Å²) in [6.07, 6.45) is 3.16. The van der Waals surface area contributed by atoms with Crippen molar-refractivity contribution in [2.24, 2.45) is 23.7 Å². The lowest BCUT2D eigenvalue weighted by atomic mass is 9.82. The molecule has 3 aliphatic rings. The fraction of sp³-hybridized carbons (Fsp3) is 0.446. The first-order valence-electron chi connectivity index (χ1n) is 29.2. The van der Waals surface area contributed by atoms with E-state index in [1.165, 1.54) is 12.1 Å². The summed E-state index contributed by atoms with van der Waals surface area (Å²) in [6.45, 7) is 19.1. The largest absolute Gasteiger partial charge is 0.465 e. The lowest BCUT2D eigenvalue weighted by molar-refractivity contribution is -0.156. The Morgan fingerprint density at radius 2 is 0.867 bits per heavy atom. The van der Waals surface area contributed by atoms with Crippen molar-refractivity contribution in [2.75, 3.05) is 33.0 Å². The van der Waals surface area contributed by atoms with Crippen molar-refractivity contribution in [3.8, 4) is 29.1 Å². The number of hydrogen-bond donors (Lipinski definition) is 0. The lowest BCUT2D eigenvalue weighted by Gasteiger charge is -2.26. The first-order chi connectivity index (χ1) is 43.2. The summed E-state index contributed by atoms with van der Waals surface area (Å²) in [5.41, 5.74) is 1.42. The fourth-order valence-corrected chi connectivity index (χ4v) is 11.7. The first-order valence-corrected chi connectivity index (χ1v) is 30.9. The molecule has 3 unspecified atom stereocenters. The van der Waals surface area contributed by atoms with Crippen LogP contribution in [0, 0.1) is 41.6 Å². The Balaban J connectivity index is 0.884. The standard InChI is InChI=1S/C65H70N2O21S2/c1-7-53(68)83-40(4)37-80-39(3)36-81-57(72)29-27-55(70)78-33-31-42-9-21-48(22-10-42)85-61(74)44-13-17-46(18-14-44)63(76)87-51-25-26-52(60-59(51)89-65(90-60)50(35-66)67-6)88-64(77)47-19-15-45(16-20-47)62(75)86-49-23-11-43(12-24-49)32-34-79-56(71)28-30-58(73)82-38-41(5)84-54(69)8-2/h7-12,21-26,39-41,44-47H,1-2,13-20,27-34,36-38H2,3-5H3/b65-50-. The predicted molar refractivity (Wildman–Crippen MR) is 320 cm³/mol. The third-order valence-corrected chi connectivity index (χ3v) is 16.9. The molecule has 2 aliphatic carbocycles. The van der Waals surface area contributed by atoms with E-state index in [2.05, 4.69) is 18.0 Å². The number of ether oxygens (including phenoxy) is 11. The van der Waals surface area contributed by atoms with E-state index >= 15 is 0 Å². The number of hydrogen-bond acceptors (Lipinski definition) is 24. The number of benzene rings is 3. The molecule has 23 nitrogen and oxygen atoms in total. The zero-order chi connectivity index (χ0) is 65.1. The van der Waals surface area contributed by atoms with Crippen LogP contribution in [0.25, 0.3) is 4.85 Å². The molecule has 0 saturated heterocycles. The molecule has 2 saturated carbocycles. The van der Waals surface area contributed by atoms with Crippen molar-refractivity contribution in [3.63, 3.8) is 0 Å². The van der Waals surface area contributed by atoms with Crippen LogP contribution in [-0.4, -0.2) is 111 Å². The first kappa shape index (κ1) is 70.3. The topological polar surface area (TPSA) is 300 Å². The maximum absolute atomic E-state index is 13.7. The van der Waals surface area contributed by atoms with Crippen molar-refractivity contribution in [2.45, 2.75) is 139 Å². The second-order valence-electron chi connectivity index (χ2n) is 21.2. The average Bonchev–Trinajstić information content (AvgIpc) is 1.63. The molecule has 2 fully saturated rings. The Bertz CT molecular complexity index is 3210. The molecule has 3 aromatic rings. The summed E-state index contributed by atoms with van der Waals surface area (Å²) in [7, 11) is 0. The van der Waals surface area contributed by atoms with Crippen molar-refractivity contribution >= 4 is 83.2 Å². The summed E-state index contributed by atoms with van der Waals surface area (Å²) in [6, 6.07) is 18.3. The quantitative estimate of drug-likeness (QED) is 0.0144. The Morgan fingerprint density at radius 3 is 1.22 bits per heavy atom. The Kier molecular flexibility index (Phi) is 28.1. The fourth-order valence-electron chi connectivity index (χ4n) is 9.25. The average molecular weight is 1280 g/mol. The highest BCUT2D eigenvalue weighted by atomic mass is 32.2. The highest BCUT2D eigenvalue weighted by Gasteiger charge is 2.37. The number of nitriles is 1. The molecule has 1 aliphatic heterocycles. The van der Waals surface area contributed by atoms with Crippen LogP contribution in [0.2, 0.25) is 0 Å². The molecule has 0 aromatic heterocycles. The monoisotopic (exact) mass is 1280 g/mol. The van der Waals surface area contributed by atoms with Gasteiger partial charge in [-0.3, -0.25) is 38.4 Å². The van der Waals surface area contributed by atoms with E-state index in [0.29, 0.717) is 89.7 Å². The van der Waals surface area contributed by atoms with E-state index < -0.39 is 102 Å². The van der Waals surface area contributed by atoms with Crippen molar-refractivity contribution in [3.05, 3.63) is 118 Å². The molecule has 1 heterocycles. The molecular weight excluding hydrogens is 1210 g/mol. The van der Waals surface area contributed by atoms with Gasteiger partial charge in [-0.05, 0) is 120 Å². The van der Waals surface area contributed by atoms with E-state index in [1.807, 2.05) is 6.07 Å². The SMILES string of the molecule is [C-]#[N+]/C(C#N)=C1/Sc2c(OC(=O)C3CCC(C(=O)Oc4ccc(CCOC(=O)CCC(=O)OCC(C)OCC(C)OC(=O)C=C)cc4)CC3)ccc(OC(=O)C3CCC(C(=O)Oc4ccc(CCOC(=O)CCC(=O)OCC(C)OC(=O)C=C)cc4)CC3)c2S1. The van der Waals surface area contributed by atoms with Gasteiger partial charge in [0.05, 0.1) is 102 Å². The Hall–Kier alpha value is -8.78. The number of carbonyl (C=O) groups is 10. The molecule has 90 heavy (non-hydrogen) atoms. The minimum Gasteiger partial charge on any atom is -0.465 e. The summed E-state index contributed by atoms with van der Waals surface area (Å²) >= 11 is 2.11. The van der Waals surface area contributed by atoms with Gasteiger partial charge >= 0.3 is 59.7 Å². The van der Waals surface area contributed by atoms with Crippen molar-refractivity contribution in [1.82, 2.24) is 0 Å². The number of carbonyl (C=O) groups excluding carboxylic acids is 10. The highest BCUT2D eigenvalue weighted by molar-refractivity contribution is 8.24. The van der Waals surface area contributed by atoms with E-state index in [-0.39, 0.29) is 75.9 Å². The number of allylic oxidation sites excluding steroid dienone is 1. The minimum atomic E-state index is -0.675. The van der Waals surface area contributed by atoms with Crippen LogP contribution >= 0.6 is 23.5 Å². The van der Waals surface area contributed by atoms with E-state index in [0.717, 1.165) is 46.8 Å². The van der Waals surface area contributed by atoms with Crippen LogP contribution in [0.15, 0.2) is 106 Å². The van der Waals surface area contributed by atoms with Gasteiger partial charge in [-0.25, -0.2) is 19.7 Å². The van der Waals surface area contributed by atoms with Gasteiger partial charge in [0.25, 0.3) is 5.70 Å². The maximum atomic E-state index is 13.7. The number of thioether (sulfide) groups is 2. The lowest BCUT2D eigenvalue weighted by Crippen LogP contribution is -2.30. The van der Waals surface area contributed by atoms with Crippen LogP contribution in [0.3, 0.4) is 0 Å². The molecule has 0 bridgehead atoms. The third-order valence-electron chi connectivity index (χ3n) is 14.2. The third kappa shape index (κ3) is 23.0. The molecule has 25 heteroatoms. The minimum absolute atomic E-state index is 0.0485. The number of nitrogens with zero attached hydrogens (tertiary/aromatic N) is 2. The smallest absolute Gasteiger partial charge is 0.330 e. The number of fused-ring (bicyclic) bond motifs is 1. The molecule has 3 aromatic carbocycles. The van der Waals surface area contributed by atoms with E-state index in [1.54, 1.807) is 69.3 Å². The van der Waals surface area contributed by atoms with E-state index in [9.17, 15) is 53.2 Å². The Labute approximate surface area is 529 Å². The van der Waals surface area contributed by atoms with Gasteiger partial charge in [0.2, 0.25) is 0 Å². The van der Waals surface area contributed by atoms with Gasteiger partial charge in [-0.1, -0.05) is 60.9 Å². The van der Waals surface area contributed by atoms with Gasteiger partial charge < -0.3 is 52.1 Å². The normalized spacial score (nSPS) is 18.1. The molecule has 6 rings (SSSR count). The number of esters is 10. The van der Waals surface area contributed by atoms with Gasteiger partial charge in [0.15, 0.2) is 0 Å². The molecule has 478 valence electrons. The molecule has 0 spiro atoms. The van der Waals surface area contributed by atoms with Gasteiger partial charge in [0.1, 0.15) is 48.4 Å². The Morgan fingerprint density at radius 1 is 0.522 bits per heavy atom. The van der Waals surface area contributed by atoms with E-state index in [4.69, 9.17) is 58.7 Å². The maximum Gasteiger partial charge on any atom is 0.330 e. The van der Waals surface area contributed by atoms with Crippen LogP contribution in [0.5, 0.6) is 23.0 Å². The molecule has 0 N–H and O–H groups in total. The second kappa shape index (κ2) is 36.0. The molecule has 0 radical (unpaired) electrons. The molecule has 0 amide bonds. The summed E-state index contributed by atoms with van der Waals surface area (Å²) in [4.78, 5) is 129. The summed E-state index contributed by atoms with van der Waals surface area (Å²) < 4.78 is 59.7. The summed E-state index contributed by atoms with van der Waals surface area (Å²) in [5.74, 6) is -6.69. The highest BCUT2D eigenvalue weighted by Crippen LogP contribution is 2.59. The predicted octanol–water partition coefficient (Wildman–Crippen LogP) is 9.59. The molecule has 3 atom stereocenters.